The number of allylic oxidation sites excluding steroid dienone is 3. The summed E-state index contributed by atoms with van der Waals surface area (Å²) in [4.78, 5) is 11.8. The standard InChI is InChI=1S/C12H20OSi/c1-4-5-8-12(13)11-7-6-9-14(2,3)10-11/h4,7H,1,5-6,8-10H2,2-3H3. The van der Waals surface area contributed by atoms with Gasteiger partial charge in [0.05, 0.1) is 8.07 Å². The van der Waals surface area contributed by atoms with Crippen LogP contribution in [0.5, 0.6) is 0 Å². The zero-order valence-electron chi connectivity index (χ0n) is 9.31. The third-order valence-corrected chi connectivity index (χ3v) is 5.79. The molecule has 0 saturated heterocycles. The summed E-state index contributed by atoms with van der Waals surface area (Å²) in [6, 6.07) is 2.42. The molecule has 0 aromatic heterocycles. The minimum absolute atomic E-state index is 0.352. The van der Waals surface area contributed by atoms with Crippen LogP contribution in [0.25, 0.3) is 0 Å². The van der Waals surface area contributed by atoms with E-state index in [1.165, 1.54) is 6.04 Å². The van der Waals surface area contributed by atoms with Crippen LogP contribution in [0.2, 0.25) is 25.2 Å². The molecular formula is C12H20OSi. The quantitative estimate of drug-likeness (QED) is 0.510. The third kappa shape index (κ3) is 3.26. The van der Waals surface area contributed by atoms with Gasteiger partial charge in [0.1, 0.15) is 0 Å². The molecule has 1 heterocycles. The summed E-state index contributed by atoms with van der Waals surface area (Å²) < 4.78 is 0. The monoisotopic (exact) mass is 208 g/mol. The molecule has 0 aromatic carbocycles. The fourth-order valence-electron chi connectivity index (χ4n) is 1.92. The van der Waals surface area contributed by atoms with Gasteiger partial charge in [-0.1, -0.05) is 31.3 Å². The summed E-state index contributed by atoms with van der Waals surface area (Å²) in [6.07, 6.45) is 6.57. The molecule has 0 fully saturated rings. The maximum atomic E-state index is 11.8. The van der Waals surface area contributed by atoms with Gasteiger partial charge in [0, 0.05) is 6.42 Å². The Morgan fingerprint density at radius 2 is 2.36 bits per heavy atom. The fraction of sp³-hybridized carbons (Fsp3) is 0.583. The predicted molar refractivity (Wildman–Crippen MR) is 64.2 cm³/mol. The average Bonchev–Trinajstić information content (AvgIpc) is 2.12. The van der Waals surface area contributed by atoms with Crippen molar-refractivity contribution < 1.29 is 4.79 Å². The summed E-state index contributed by atoms with van der Waals surface area (Å²) in [7, 11) is -1.07. The molecular weight excluding hydrogens is 188 g/mol. The molecule has 0 spiro atoms. The SMILES string of the molecule is C=CCCC(=O)C1=CCC[Si](C)(C)C1. The highest BCUT2D eigenvalue weighted by atomic mass is 28.3. The Morgan fingerprint density at radius 3 is 2.93 bits per heavy atom. The molecule has 0 atom stereocenters. The molecule has 0 unspecified atom stereocenters. The van der Waals surface area contributed by atoms with E-state index in [9.17, 15) is 4.79 Å². The molecule has 0 N–H and O–H groups in total. The third-order valence-electron chi connectivity index (χ3n) is 2.81. The number of rotatable bonds is 4. The van der Waals surface area contributed by atoms with Crippen LogP contribution in [-0.2, 0) is 4.79 Å². The lowest BCUT2D eigenvalue weighted by Crippen LogP contribution is -2.29. The first kappa shape index (κ1) is 11.4. The maximum Gasteiger partial charge on any atom is 0.158 e. The van der Waals surface area contributed by atoms with E-state index in [2.05, 4.69) is 25.7 Å². The van der Waals surface area contributed by atoms with E-state index < -0.39 is 8.07 Å². The molecule has 0 aromatic rings. The van der Waals surface area contributed by atoms with Crippen molar-refractivity contribution in [2.24, 2.45) is 0 Å². The van der Waals surface area contributed by atoms with Crippen molar-refractivity contribution in [1.82, 2.24) is 0 Å². The second kappa shape index (κ2) is 4.74. The molecule has 0 bridgehead atoms. The van der Waals surface area contributed by atoms with Crippen molar-refractivity contribution in [3.8, 4) is 0 Å². The van der Waals surface area contributed by atoms with Gasteiger partial charge in [-0.2, -0.15) is 0 Å². The molecule has 1 aliphatic rings. The summed E-state index contributed by atoms with van der Waals surface area (Å²) in [5.74, 6) is 0.352. The Kier molecular flexibility index (Phi) is 3.87. The Morgan fingerprint density at radius 1 is 1.64 bits per heavy atom. The van der Waals surface area contributed by atoms with E-state index in [-0.39, 0.29) is 0 Å². The highest BCUT2D eigenvalue weighted by Gasteiger charge is 2.27. The molecule has 78 valence electrons. The van der Waals surface area contributed by atoms with Crippen LogP contribution in [0, 0.1) is 0 Å². The largest absolute Gasteiger partial charge is 0.295 e. The molecule has 1 rings (SSSR count). The highest BCUT2D eigenvalue weighted by Crippen LogP contribution is 2.29. The zero-order valence-corrected chi connectivity index (χ0v) is 10.3. The van der Waals surface area contributed by atoms with Crippen LogP contribution in [-0.4, -0.2) is 13.9 Å². The Balaban J connectivity index is 2.55. The summed E-state index contributed by atoms with van der Waals surface area (Å²) in [5.41, 5.74) is 1.11. The normalized spacial score (nSPS) is 20.0. The number of carbonyl (C=O) groups excluding carboxylic acids is 1. The number of hydrogen-bond acceptors (Lipinski definition) is 1. The maximum absolute atomic E-state index is 11.8. The lowest BCUT2D eigenvalue weighted by molar-refractivity contribution is -0.115. The molecule has 1 nitrogen and oxygen atoms in total. The minimum Gasteiger partial charge on any atom is -0.295 e. The number of Topliss-reactive ketones (excluding diaryl/α,β-unsaturated/α-hetero) is 1. The summed E-state index contributed by atoms with van der Waals surface area (Å²) in [5, 5.41) is 0. The van der Waals surface area contributed by atoms with Gasteiger partial charge >= 0.3 is 0 Å². The van der Waals surface area contributed by atoms with Crippen LogP contribution >= 0.6 is 0 Å². The van der Waals surface area contributed by atoms with Crippen molar-refractivity contribution >= 4 is 13.9 Å². The van der Waals surface area contributed by atoms with E-state index in [0.717, 1.165) is 24.5 Å². The summed E-state index contributed by atoms with van der Waals surface area (Å²) >= 11 is 0. The first-order chi connectivity index (χ1) is 6.55. The van der Waals surface area contributed by atoms with E-state index in [0.29, 0.717) is 12.2 Å². The smallest absolute Gasteiger partial charge is 0.158 e. The second-order valence-electron chi connectivity index (χ2n) is 4.86. The van der Waals surface area contributed by atoms with Crippen LogP contribution in [0.4, 0.5) is 0 Å². The van der Waals surface area contributed by atoms with Gasteiger partial charge in [0.25, 0.3) is 0 Å². The van der Waals surface area contributed by atoms with Crippen LogP contribution in [0.1, 0.15) is 19.3 Å². The Hall–Kier alpha value is -0.633. The van der Waals surface area contributed by atoms with E-state index in [1.54, 1.807) is 0 Å². The van der Waals surface area contributed by atoms with Crippen molar-refractivity contribution in [3.05, 3.63) is 24.3 Å². The number of carbonyl (C=O) groups is 1. The molecule has 0 saturated carbocycles. The zero-order chi connectivity index (χ0) is 10.6. The number of hydrogen-bond donors (Lipinski definition) is 0. The summed E-state index contributed by atoms with van der Waals surface area (Å²) in [6.45, 7) is 8.39. The van der Waals surface area contributed by atoms with Crippen LogP contribution in [0.3, 0.4) is 0 Å². The molecule has 0 radical (unpaired) electrons. The molecule has 0 amide bonds. The van der Waals surface area contributed by atoms with Gasteiger partial charge < -0.3 is 0 Å². The predicted octanol–water partition coefficient (Wildman–Crippen LogP) is 3.56. The molecule has 2 heteroatoms. The van der Waals surface area contributed by atoms with Gasteiger partial charge in [0.15, 0.2) is 5.78 Å². The minimum atomic E-state index is -1.07. The van der Waals surface area contributed by atoms with Gasteiger partial charge in [-0.25, -0.2) is 0 Å². The molecule has 0 aliphatic carbocycles. The van der Waals surface area contributed by atoms with Gasteiger partial charge in [0.2, 0.25) is 0 Å². The number of ketones is 1. The fourth-order valence-corrected chi connectivity index (χ4v) is 4.39. The first-order valence-corrected chi connectivity index (χ1v) is 8.80. The Labute approximate surface area is 87.9 Å². The van der Waals surface area contributed by atoms with Gasteiger partial charge in [-0.05, 0) is 24.5 Å². The molecule has 14 heavy (non-hydrogen) atoms. The topological polar surface area (TPSA) is 17.1 Å². The molecule has 1 aliphatic heterocycles. The first-order valence-electron chi connectivity index (χ1n) is 5.38. The average molecular weight is 208 g/mol. The van der Waals surface area contributed by atoms with Crippen molar-refractivity contribution in [1.29, 1.82) is 0 Å². The second-order valence-corrected chi connectivity index (χ2v) is 10.0. The van der Waals surface area contributed by atoms with Crippen molar-refractivity contribution in [2.45, 2.75) is 44.4 Å². The highest BCUT2D eigenvalue weighted by molar-refractivity contribution is 6.78. The lowest BCUT2D eigenvalue weighted by atomic mass is 10.1. The van der Waals surface area contributed by atoms with Crippen LogP contribution < -0.4 is 0 Å². The van der Waals surface area contributed by atoms with Crippen molar-refractivity contribution in [2.75, 3.05) is 0 Å². The Bertz CT molecular complexity index is 263. The van der Waals surface area contributed by atoms with Crippen LogP contribution in [0.15, 0.2) is 24.3 Å². The van der Waals surface area contributed by atoms with Gasteiger partial charge in [-0.3, -0.25) is 4.79 Å². The van der Waals surface area contributed by atoms with E-state index >= 15 is 0 Å². The van der Waals surface area contributed by atoms with E-state index in [1.807, 2.05) is 6.08 Å². The lowest BCUT2D eigenvalue weighted by Gasteiger charge is -2.27. The van der Waals surface area contributed by atoms with Crippen molar-refractivity contribution in [3.63, 3.8) is 0 Å². The van der Waals surface area contributed by atoms with Gasteiger partial charge in [-0.15, -0.1) is 6.58 Å². The van der Waals surface area contributed by atoms with E-state index in [4.69, 9.17) is 0 Å².